The zero-order chi connectivity index (χ0) is 18.7. The van der Waals surface area contributed by atoms with Crippen LogP contribution < -0.4 is 9.47 Å². The number of fused-ring (bicyclic) bond motifs is 1. The van der Waals surface area contributed by atoms with Crippen molar-refractivity contribution in [3.63, 3.8) is 0 Å². The van der Waals surface area contributed by atoms with E-state index in [1.165, 1.54) is 0 Å². The quantitative estimate of drug-likeness (QED) is 0.415. The minimum Gasteiger partial charge on any atom is -0.489 e. The maximum absolute atomic E-state index is 12.2. The molecular formula is C23H24O3. The Morgan fingerprint density at radius 1 is 1.27 bits per heavy atom. The summed E-state index contributed by atoms with van der Waals surface area (Å²) < 4.78 is 11.7. The average molecular weight is 348 g/mol. The van der Waals surface area contributed by atoms with E-state index in [0.717, 1.165) is 28.0 Å². The molecule has 2 aromatic rings. The first-order valence-electron chi connectivity index (χ1n) is 8.83. The van der Waals surface area contributed by atoms with Crippen LogP contribution in [0.1, 0.15) is 43.4 Å². The van der Waals surface area contributed by atoms with E-state index >= 15 is 0 Å². The van der Waals surface area contributed by atoms with Crippen molar-refractivity contribution in [3.8, 4) is 11.5 Å². The van der Waals surface area contributed by atoms with E-state index in [2.05, 4.69) is 13.5 Å². The fourth-order valence-corrected chi connectivity index (χ4v) is 2.89. The molecule has 3 nitrogen and oxygen atoms in total. The number of allylic oxidation sites excluding steroid dienone is 2. The van der Waals surface area contributed by atoms with E-state index in [0.29, 0.717) is 24.4 Å². The summed E-state index contributed by atoms with van der Waals surface area (Å²) in [5.74, 6) is 1.19. The van der Waals surface area contributed by atoms with Crippen molar-refractivity contribution in [2.75, 3.05) is 0 Å². The molecule has 1 heterocycles. The number of hydrogen-bond donors (Lipinski definition) is 0. The fraction of sp³-hybridized carbons (Fsp3) is 0.261. The molecule has 26 heavy (non-hydrogen) atoms. The van der Waals surface area contributed by atoms with Crippen molar-refractivity contribution in [1.82, 2.24) is 0 Å². The molecule has 0 bridgehead atoms. The predicted octanol–water partition coefficient (Wildman–Crippen LogP) is 5.35. The third-order valence-electron chi connectivity index (χ3n) is 4.77. The Morgan fingerprint density at radius 2 is 2.00 bits per heavy atom. The van der Waals surface area contributed by atoms with Gasteiger partial charge in [0.2, 0.25) is 0 Å². The molecule has 0 N–H and O–H groups in total. The molecule has 1 unspecified atom stereocenters. The molecular weight excluding hydrogens is 324 g/mol. The highest BCUT2D eigenvalue weighted by atomic mass is 16.5. The van der Waals surface area contributed by atoms with Gasteiger partial charge in [-0.2, -0.15) is 0 Å². The summed E-state index contributed by atoms with van der Waals surface area (Å²) >= 11 is 0. The topological polar surface area (TPSA) is 35.5 Å². The normalized spacial score (nSPS) is 14.6. The summed E-state index contributed by atoms with van der Waals surface area (Å²) in [4.78, 5) is 12.2. The van der Waals surface area contributed by atoms with Gasteiger partial charge in [0.25, 0.3) is 0 Å². The fourth-order valence-electron chi connectivity index (χ4n) is 2.89. The smallest absolute Gasteiger partial charge is 0.338 e. The molecule has 0 aliphatic carbocycles. The number of rotatable bonds is 5. The summed E-state index contributed by atoms with van der Waals surface area (Å²) in [6, 6.07) is 14.0. The number of carbonyl (C=O) groups excluding carboxylic acids is 1. The minimum absolute atomic E-state index is 0.0650. The summed E-state index contributed by atoms with van der Waals surface area (Å²) in [5.41, 5.74) is 4.65. The maximum Gasteiger partial charge on any atom is 0.338 e. The van der Waals surface area contributed by atoms with Crippen LogP contribution in [-0.2, 0) is 17.8 Å². The minimum atomic E-state index is -0.295. The van der Waals surface area contributed by atoms with Gasteiger partial charge in [-0.1, -0.05) is 55.5 Å². The highest BCUT2D eigenvalue weighted by molar-refractivity contribution is 5.90. The summed E-state index contributed by atoms with van der Waals surface area (Å²) in [6.45, 7) is 10.4. The lowest BCUT2D eigenvalue weighted by Gasteiger charge is -2.20. The number of hydrogen-bond acceptors (Lipinski definition) is 3. The highest BCUT2D eigenvalue weighted by Crippen LogP contribution is 2.39. The second kappa shape index (κ2) is 7.61. The Morgan fingerprint density at radius 3 is 2.69 bits per heavy atom. The van der Waals surface area contributed by atoms with Gasteiger partial charge in [0.05, 0.1) is 0 Å². The van der Waals surface area contributed by atoms with Gasteiger partial charge >= 0.3 is 5.97 Å². The first-order valence-corrected chi connectivity index (χ1v) is 8.83. The zero-order valence-corrected chi connectivity index (χ0v) is 15.5. The van der Waals surface area contributed by atoms with Crippen molar-refractivity contribution < 1.29 is 14.3 Å². The second-order valence-electron chi connectivity index (χ2n) is 6.82. The molecule has 0 aromatic heterocycles. The van der Waals surface area contributed by atoms with Crippen molar-refractivity contribution in [2.45, 2.75) is 39.7 Å². The molecule has 134 valence electrons. The summed E-state index contributed by atoms with van der Waals surface area (Å²) in [5, 5.41) is 0. The van der Waals surface area contributed by atoms with E-state index in [-0.39, 0.29) is 11.9 Å². The molecule has 0 fully saturated rings. The van der Waals surface area contributed by atoms with Gasteiger partial charge in [-0.25, -0.2) is 4.79 Å². The Labute approximate surface area is 155 Å². The number of ether oxygens (including phenoxy) is 2. The first-order chi connectivity index (χ1) is 12.5. The largest absolute Gasteiger partial charge is 0.489 e. The van der Waals surface area contributed by atoms with Crippen molar-refractivity contribution in [2.24, 2.45) is 0 Å². The number of esters is 1. The van der Waals surface area contributed by atoms with Crippen LogP contribution in [0.5, 0.6) is 11.5 Å². The summed E-state index contributed by atoms with van der Waals surface area (Å²) in [6.07, 6.45) is 2.55. The van der Waals surface area contributed by atoms with E-state index in [1.807, 2.05) is 55.5 Å². The van der Waals surface area contributed by atoms with Crippen molar-refractivity contribution >= 4 is 5.97 Å². The van der Waals surface area contributed by atoms with Gasteiger partial charge in [0.15, 0.2) is 0 Å². The lowest BCUT2D eigenvalue weighted by molar-refractivity contribution is -0.130. The molecule has 1 aliphatic rings. The third kappa shape index (κ3) is 3.88. The van der Waals surface area contributed by atoms with Gasteiger partial charge in [0, 0.05) is 22.6 Å². The van der Waals surface area contributed by atoms with Gasteiger partial charge in [-0.15, -0.1) is 0 Å². The Bertz CT molecular complexity index is 863. The Kier molecular flexibility index (Phi) is 5.27. The standard InChI is InChI=1S/C23H24O3/c1-15(2)17(4)21-13-20(25-14-18-8-6-5-7-9-18)12-19-11-10-16(3)23(24)26-22(19)21/h5-10,12-13,17H,1,11,14H2,2-4H3. The molecule has 3 heteroatoms. The van der Waals surface area contributed by atoms with Crippen LogP contribution in [0.2, 0.25) is 0 Å². The second-order valence-corrected chi connectivity index (χ2v) is 6.82. The van der Waals surface area contributed by atoms with Crippen LogP contribution in [0.4, 0.5) is 0 Å². The van der Waals surface area contributed by atoms with Crippen LogP contribution in [0.3, 0.4) is 0 Å². The lowest BCUT2D eigenvalue weighted by Crippen LogP contribution is -2.11. The maximum atomic E-state index is 12.2. The van der Waals surface area contributed by atoms with E-state index < -0.39 is 0 Å². The van der Waals surface area contributed by atoms with E-state index in [4.69, 9.17) is 9.47 Å². The predicted molar refractivity (Wildman–Crippen MR) is 104 cm³/mol. The molecule has 1 aliphatic heterocycles. The van der Waals surface area contributed by atoms with Gasteiger partial charge in [-0.3, -0.25) is 0 Å². The highest BCUT2D eigenvalue weighted by Gasteiger charge is 2.23. The van der Waals surface area contributed by atoms with Crippen LogP contribution >= 0.6 is 0 Å². The van der Waals surface area contributed by atoms with E-state index in [1.54, 1.807) is 6.92 Å². The average Bonchev–Trinajstić information content (AvgIpc) is 2.78. The lowest BCUT2D eigenvalue weighted by atomic mass is 9.91. The van der Waals surface area contributed by atoms with Gasteiger partial charge in [0.1, 0.15) is 18.1 Å². The van der Waals surface area contributed by atoms with Crippen LogP contribution in [0, 0.1) is 0 Å². The van der Waals surface area contributed by atoms with Crippen molar-refractivity contribution in [3.05, 3.63) is 83.0 Å². The first kappa shape index (κ1) is 18.0. The van der Waals surface area contributed by atoms with Crippen LogP contribution in [-0.4, -0.2) is 5.97 Å². The molecule has 0 radical (unpaired) electrons. The van der Waals surface area contributed by atoms with Crippen molar-refractivity contribution in [1.29, 1.82) is 0 Å². The Balaban J connectivity index is 1.97. The van der Waals surface area contributed by atoms with E-state index in [9.17, 15) is 4.79 Å². The van der Waals surface area contributed by atoms with Gasteiger partial charge in [-0.05, 0) is 38.0 Å². The molecule has 1 atom stereocenters. The van der Waals surface area contributed by atoms with Gasteiger partial charge < -0.3 is 9.47 Å². The monoisotopic (exact) mass is 348 g/mol. The van der Waals surface area contributed by atoms with Crippen LogP contribution in [0.15, 0.2) is 66.3 Å². The van der Waals surface area contributed by atoms with Crippen LogP contribution in [0.25, 0.3) is 0 Å². The molecule has 0 amide bonds. The molecule has 2 aromatic carbocycles. The molecule has 0 saturated carbocycles. The Hall–Kier alpha value is -2.81. The SMILES string of the molecule is C=C(C)C(C)c1cc(OCc2ccccc2)cc2c1OC(=O)C(C)=CC2. The zero-order valence-electron chi connectivity index (χ0n) is 15.5. The third-order valence-corrected chi connectivity index (χ3v) is 4.77. The molecule has 0 spiro atoms. The number of carbonyl (C=O) groups is 1. The summed E-state index contributed by atoms with van der Waals surface area (Å²) in [7, 11) is 0. The number of benzene rings is 2. The molecule has 3 rings (SSSR count). The molecule has 0 saturated heterocycles.